The van der Waals surface area contributed by atoms with Crippen molar-refractivity contribution in [3.8, 4) is 0 Å². The van der Waals surface area contributed by atoms with Gasteiger partial charge in [0.2, 0.25) is 0 Å². The molecule has 1 aromatic carbocycles. The summed E-state index contributed by atoms with van der Waals surface area (Å²) in [7, 11) is 0. The van der Waals surface area contributed by atoms with Gasteiger partial charge in [-0.3, -0.25) is 9.69 Å². The summed E-state index contributed by atoms with van der Waals surface area (Å²) in [4.78, 5) is 28.9. The predicted molar refractivity (Wildman–Crippen MR) is 113 cm³/mol. The third kappa shape index (κ3) is 4.42. The largest absolute Gasteiger partial charge is 0.466 e. The Kier molecular flexibility index (Phi) is 6.38. The van der Waals surface area contributed by atoms with E-state index in [4.69, 9.17) is 4.74 Å². The average molecular weight is 400 g/mol. The fourth-order valence-electron chi connectivity index (χ4n) is 5.10. The number of carbonyl (C=O) groups is 2. The molecule has 158 valence electrons. The number of amides is 2. The van der Waals surface area contributed by atoms with E-state index in [0.29, 0.717) is 12.5 Å². The number of anilines is 1. The van der Waals surface area contributed by atoms with Gasteiger partial charge in [0.05, 0.1) is 12.5 Å². The lowest BCUT2D eigenvalue weighted by molar-refractivity contribution is -0.149. The third-order valence-corrected chi connectivity index (χ3v) is 6.81. The predicted octanol–water partition coefficient (Wildman–Crippen LogP) is 3.52. The summed E-state index contributed by atoms with van der Waals surface area (Å²) in [6.45, 7) is 5.97. The van der Waals surface area contributed by atoms with E-state index in [9.17, 15) is 9.59 Å². The van der Waals surface area contributed by atoms with Crippen LogP contribution in [0.2, 0.25) is 0 Å². The van der Waals surface area contributed by atoms with Crippen molar-refractivity contribution in [2.45, 2.75) is 57.4 Å². The number of hydrogen-bond acceptors (Lipinski definition) is 4. The number of ether oxygens (including phenoxy) is 1. The fraction of sp³-hybridized carbons (Fsp3) is 0.652. The van der Waals surface area contributed by atoms with Crippen molar-refractivity contribution in [3.05, 3.63) is 29.8 Å². The Morgan fingerprint density at radius 2 is 1.72 bits per heavy atom. The Hall–Kier alpha value is -2.08. The van der Waals surface area contributed by atoms with Crippen LogP contribution in [0.15, 0.2) is 24.3 Å². The van der Waals surface area contributed by atoms with Crippen LogP contribution in [0.3, 0.4) is 0 Å². The first-order valence-electron chi connectivity index (χ1n) is 11.2. The minimum atomic E-state index is -0.0749. The van der Waals surface area contributed by atoms with Gasteiger partial charge in [0.25, 0.3) is 0 Å². The molecule has 2 heterocycles. The minimum absolute atomic E-state index is 0.00235. The molecule has 3 fully saturated rings. The van der Waals surface area contributed by atoms with Crippen molar-refractivity contribution in [1.29, 1.82) is 0 Å². The van der Waals surface area contributed by atoms with Crippen LogP contribution >= 0.6 is 0 Å². The number of hydrogen-bond donors (Lipinski definition) is 1. The van der Waals surface area contributed by atoms with Crippen molar-refractivity contribution in [3.63, 3.8) is 0 Å². The molecule has 4 rings (SSSR count). The molecule has 1 N–H and O–H groups in total. The molecular formula is C23H33N3O3. The summed E-state index contributed by atoms with van der Waals surface area (Å²) < 4.78 is 5.16. The Morgan fingerprint density at radius 3 is 2.38 bits per heavy atom. The lowest BCUT2D eigenvalue weighted by atomic mass is 9.85. The molecule has 2 aliphatic heterocycles. The van der Waals surface area contributed by atoms with Crippen LogP contribution < -0.4 is 10.2 Å². The maximum Gasteiger partial charge on any atom is 0.324 e. The average Bonchev–Trinajstić information content (AvgIpc) is 3.16. The van der Waals surface area contributed by atoms with Crippen molar-refractivity contribution in [2.75, 3.05) is 37.7 Å². The molecule has 2 saturated heterocycles. The molecule has 0 spiro atoms. The van der Waals surface area contributed by atoms with E-state index in [0.717, 1.165) is 57.5 Å². The molecule has 3 aliphatic rings. The zero-order chi connectivity index (χ0) is 20.2. The van der Waals surface area contributed by atoms with Crippen LogP contribution in [0.1, 0.15) is 56.9 Å². The van der Waals surface area contributed by atoms with Gasteiger partial charge in [0.1, 0.15) is 0 Å². The molecule has 0 bridgehead atoms. The van der Waals surface area contributed by atoms with Gasteiger partial charge in [0, 0.05) is 24.8 Å². The fourth-order valence-corrected chi connectivity index (χ4v) is 5.10. The highest BCUT2D eigenvalue weighted by molar-refractivity contribution is 5.94. The van der Waals surface area contributed by atoms with Crippen molar-refractivity contribution < 1.29 is 14.3 Å². The first-order chi connectivity index (χ1) is 14.2. The summed E-state index contributed by atoms with van der Waals surface area (Å²) in [5.41, 5.74) is 2.38. The van der Waals surface area contributed by atoms with Gasteiger partial charge in [-0.15, -0.1) is 0 Å². The number of rotatable bonds is 5. The monoisotopic (exact) mass is 399 g/mol. The topological polar surface area (TPSA) is 61.9 Å². The molecule has 29 heavy (non-hydrogen) atoms. The van der Waals surface area contributed by atoms with E-state index in [1.165, 1.54) is 18.4 Å². The van der Waals surface area contributed by atoms with Crippen molar-refractivity contribution >= 4 is 17.7 Å². The minimum Gasteiger partial charge on any atom is -0.466 e. The zero-order valence-corrected chi connectivity index (χ0v) is 17.4. The molecule has 2 amide bonds. The van der Waals surface area contributed by atoms with E-state index < -0.39 is 0 Å². The van der Waals surface area contributed by atoms with Gasteiger partial charge >= 0.3 is 12.0 Å². The molecule has 0 aromatic heterocycles. The highest BCUT2D eigenvalue weighted by Crippen LogP contribution is 2.32. The summed E-state index contributed by atoms with van der Waals surface area (Å²) >= 11 is 0. The number of benzene rings is 1. The number of carbonyl (C=O) groups excluding carboxylic acids is 2. The highest BCUT2D eigenvalue weighted by Gasteiger charge is 2.37. The number of piperidine rings is 1. The number of nitrogens with one attached hydrogen (secondary N) is 1. The summed E-state index contributed by atoms with van der Waals surface area (Å²) in [6.07, 6.45) is 5.78. The lowest BCUT2D eigenvalue weighted by Gasteiger charge is -2.33. The maximum absolute atomic E-state index is 13.1. The van der Waals surface area contributed by atoms with Crippen LogP contribution in [0.5, 0.6) is 0 Å². The summed E-state index contributed by atoms with van der Waals surface area (Å²) in [6, 6.07) is 8.97. The van der Waals surface area contributed by atoms with E-state index in [1.807, 2.05) is 16.7 Å². The SMILES string of the molecule is CCOC(=O)C1CCC(N2CCN(c3ccc(C4CCNCC4)cc3)C2=O)CC1. The molecule has 0 unspecified atom stereocenters. The Bertz CT molecular complexity index is 707. The molecule has 6 heteroatoms. The van der Waals surface area contributed by atoms with Gasteiger partial charge in [-0.2, -0.15) is 0 Å². The maximum atomic E-state index is 13.1. The first-order valence-corrected chi connectivity index (χ1v) is 11.2. The second kappa shape index (κ2) is 9.16. The van der Waals surface area contributed by atoms with Gasteiger partial charge in [-0.25, -0.2) is 4.79 Å². The van der Waals surface area contributed by atoms with Gasteiger partial charge in [-0.1, -0.05) is 12.1 Å². The van der Waals surface area contributed by atoms with Crippen LogP contribution in [0.25, 0.3) is 0 Å². The molecule has 1 saturated carbocycles. The Labute approximate surface area is 173 Å². The third-order valence-electron chi connectivity index (χ3n) is 6.81. The molecular weight excluding hydrogens is 366 g/mol. The molecule has 1 aromatic rings. The second-order valence-corrected chi connectivity index (χ2v) is 8.50. The van der Waals surface area contributed by atoms with Gasteiger partial charge in [-0.05, 0) is 82.2 Å². The standard InChI is InChI=1S/C23H33N3O3/c1-2-29-22(27)19-5-9-21(10-6-19)26-16-15-25(23(26)28)20-7-3-17(4-8-20)18-11-13-24-14-12-18/h3-4,7-8,18-19,21,24H,2,5-6,9-16H2,1H3. The highest BCUT2D eigenvalue weighted by atomic mass is 16.5. The second-order valence-electron chi connectivity index (χ2n) is 8.50. The molecule has 6 nitrogen and oxygen atoms in total. The number of nitrogens with zero attached hydrogens (tertiary/aromatic N) is 2. The smallest absolute Gasteiger partial charge is 0.324 e. The molecule has 0 radical (unpaired) electrons. The number of esters is 1. The summed E-state index contributed by atoms with van der Waals surface area (Å²) in [5, 5.41) is 3.41. The quantitative estimate of drug-likeness (QED) is 0.770. The normalized spacial score (nSPS) is 26.0. The summed E-state index contributed by atoms with van der Waals surface area (Å²) in [5.74, 6) is 0.558. The van der Waals surface area contributed by atoms with E-state index >= 15 is 0 Å². The van der Waals surface area contributed by atoms with Gasteiger partial charge in [0.15, 0.2) is 0 Å². The molecule has 1 aliphatic carbocycles. The Morgan fingerprint density at radius 1 is 1.03 bits per heavy atom. The van der Waals surface area contributed by atoms with Crippen LogP contribution in [-0.4, -0.2) is 55.7 Å². The van der Waals surface area contributed by atoms with E-state index in [2.05, 4.69) is 29.6 Å². The van der Waals surface area contributed by atoms with Crippen LogP contribution in [0.4, 0.5) is 10.5 Å². The lowest BCUT2D eigenvalue weighted by Crippen LogP contribution is -2.42. The first kappa shape index (κ1) is 20.2. The van der Waals surface area contributed by atoms with Crippen molar-refractivity contribution in [1.82, 2.24) is 10.2 Å². The van der Waals surface area contributed by atoms with Crippen molar-refractivity contribution in [2.24, 2.45) is 5.92 Å². The van der Waals surface area contributed by atoms with Gasteiger partial charge < -0.3 is 15.0 Å². The Balaban J connectivity index is 1.34. The zero-order valence-electron chi connectivity index (χ0n) is 17.4. The van der Waals surface area contributed by atoms with E-state index in [-0.39, 0.29) is 24.0 Å². The number of urea groups is 1. The van der Waals surface area contributed by atoms with Crippen LogP contribution in [0, 0.1) is 5.92 Å². The van der Waals surface area contributed by atoms with E-state index in [1.54, 1.807) is 0 Å². The van der Waals surface area contributed by atoms with Crippen LogP contribution in [-0.2, 0) is 9.53 Å². The molecule has 0 atom stereocenters.